The molecule has 0 aliphatic heterocycles. The van der Waals surface area contributed by atoms with Crippen molar-refractivity contribution in [3.63, 3.8) is 0 Å². The van der Waals surface area contributed by atoms with E-state index in [0.29, 0.717) is 19.6 Å². The van der Waals surface area contributed by atoms with E-state index in [-0.39, 0.29) is 5.91 Å². The minimum atomic E-state index is -0.512. The summed E-state index contributed by atoms with van der Waals surface area (Å²) in [6.07, 6.45) is 0.0899. The first-order valence-electron chi connectivity index (χ1n) is 9.70. The van der Waals surface area contributed by atoms with Crippen LogP contribution in [0.25, 0.3) is 10.8 Å². The van der Waals surface area contributed by atoms with Crippen LogP contribution in [0, 0.1) is 13.8 Å². The molecule has 0 saturated carbocycles. The molecule has 0 heterocycles. The number of ether oxygens (including phenoxy) is 2. The summed E-state index contributed by atoms with van der Waals surface area (Å²) in [6, 6.07) is 20.1. The van der Waals surface area contributed by atoms with Crippen molar-refractivity contribution in [1.29, 1.82) is 0 Å². The summed E-state index contributed by atoms with van der Waals surface area (Å²) in [5, 5.41) is 5.22. The third-order valence-corrected chi connectivity index (χ3v) is 4.65. The number of rotatable bonds is 8. The Morgan fingerprint density at radius 3 is 2.54 bits per heavy atom. The normalized spacial score (nSPS) is 11.8. The fourth-order valence-electron chi connectivity index (χ4n) is 3.12. The van der Waals surface area contributed by atoms with E-state index in [1.165, 1.54) is 10.9 Å². The smallest absolute Gasteiger partial charge is 0.261 e. The number of carbonyl (C=O) groups is 1. The first kappa shape index (κ1) is 19.7. The highest BCUT2D eigenvalue weighted by Crippen LogP contribution is 2.21. The van der Waals surface area contributed by atoms with Crippen LogP contribution < -0.4 is 14.8 Å². The van der Waals surface area contributed by atoms with E-state index in [0.717, 1.165) is 22.4 Å². The zero-order valence-electron chi connectivity index (χ0n) is 16.7. The molecule has 4 nitrogen and oxygen atoms in total. The van der Waals surface area contributed by atoms with Crippen molar-refractivity contribution >= 4 is 16.7 Å². The van der Waals surface area contributed by atoms with E-state index in [2.05, 4.69) is 23.5 Å². The number of nitrogens with one attached hydrogen (secondary N) is 1. The average Bonchev–Trinajstić information content (AvgIpc) is 2.70. The summed E-state index contributed by atoms with van der Waals surface area (Å²) in [4.78, 5) is 12.5. The molecule has 4 heteroatoms. The molecule has 3 aromatic rings. The summed E-state index contributed by atoms with van der Waals surface area (Å²) in [6.45, 7) is 6.81. The van der Waals surface area contributed by atoms with Crippen LogP contribution in [0.3, 0.4) is 0 Å². The zero-order chi connectivity index (χ0) is 19.9. The molecule has 0 radical (unpaired) electrons. The van der Waals surface area contributed by atoms with Gasteiger partial charge < -0.3 is 14.8 Å². The minimum Gasteiger partial charge on any atom is -0.492 e. The first-order valence-corrected chi connectivity index (χ1v) is 9.70. The van der Waals surface area contributed by atoms with Crippen molar-refractivity contribution < 1.29 is 14.3 Å². The van der Waals surface area contributed by atoms with Crippen LogP contribution in [0.15, 0.2) is 60.7 Å². The predicted molar refractivity (Wildman–Crippen MR) is 113 cm³/mol. The number of benzene rings is 3. The van der Waals surface area contributed by atoms with E-state index >= 15 is 0 Å². The van der Waals surface area contributed by atoms with Crippen LogP contribution in [0.2, 0.25) is 0 Å². The maximum absolute atomic E-state index is 12.5. The second kappa shape index (κ2) is 9.27. The largest absolute Gasteiger partial charge is 0.492 e. The lowest BCUT2D eigenvalue weighted by Crippen LogP contribution is -2.39. The third kappa shape index (κ3) is 5.03. The topological polar surface area (TPSA) is 47.6 Å². The Hall–Kier alpha value is -3.01. The molecule has 1 unspecified atom stereocenters. The number of carbonyl (C=O) groups excluding carboxylic acids is 1. The second-order valence-corrected chi connectivity index (χ2v) is 6.93. The van der Waals surface area contributed by atoms with E-state index in [1.54, 1.807) is 0 Å². The summed E-state index contributed by atoms with van der Waals surface area (Å²) in [5.41, 5.74) is 2.21. The Morgan fingerprint density at radius 1 is 1.00 bits per heavy atom. The van der Waals surface area contributed by atoms with Crippen molar-refractivity contribution in [1.82, 2.24) is 5.32 Å². The van der Waals surface area contributed by atoms with Gasteiger partial charge in [0.25, 0.3) is 5.91 Å². The summed E-state index contributed by atoms with van der Waals surface area (Å²) in [5.74, 6) is 1.43. The van der Waals surface area contributed by atoms with Crippen LogP contribution in [-0.2, 0) is 4.79 Å². The van der Waals surface area contributed by atoms with Gasteiger partial charge in [-0.2, -0.15) is 0 Å². The van der Waals surface area contributed by atoms with Gasteiger partial charge in [0.2, 0.25) is 0 Å². The van der Waals surface area contributed by atoms with Crippen LogP contribution in [0.5, 0.6) is 11.5 Å². The standard InChI is InChI=1S/C24H27NO3/c1-4-22(28-23-12-9-17(2)15-18(23)3)24(26)25-13-14-27-21-11-10-19-7-5-6-8-20(19)16-21/h5-12,15-16,22H,4,13-14H2,1-3H3,(H,25,26). The SMILES string of the molecule is CCC(Oc1ccc(C)cc1C)C(=O)NCCOc1ccc2ccccc2c1. The first-order chi connectivity index (χ1) is 13.6. The van der Waals surface area contributed by atoms with E-state index in [9.17, 15) is 4.79 Å². The van der Waals surface area contributed by atoms with Gasteiger partial charge in [0, 0.05) is 0 Å². The highest BCUT2D eigenvalue weighted by atomic mass is 16.5. The molecule has 3 rings (SSSR count). The van der Waals surface area contributed by atoms with E-state index in [1.807, 2.05) is 63.2 Å². The van der Waals surface area contributed by atoms with Crippen LogP contribution in [-0.4, -0.2) is 25.2 Å². The number of hydrogen-bond donors (Lipinski definition) is 1. The van der Waals surface area contributed by atoms with Gasteiger partial charge in [-0.25, -0.2) is 0 Å². The molecule has 0 aromatic heterocycles. The highest BCUT2D eigenvalue weighted by molar-refractivity contribution is 5.83. The quantitative estimate of drug-likeness (QED) is 0.573. The molecular weight excluding hydrogens is 350 g/mol. The van der Waals surface area contributed by atoms with Crippen LogP contribution in [0.1, 0.15) is 24.5 Å². The molecule has 146 valence electrons. The molecule has 1 amide bonds. The Kier molecular flexibility index (Phi) is 6.53. The van der Waals surface area contributed by atoms with Gasteiger partial charge >= 0.3 is 0 Å². The van der Waals surface area contributed by atoms with Crippen molar-refractivity contribution in [2.45, 2.75) is 33.3 Å². The Balaban J connectivity index is 1.49. The number of fused-ring (bicyclic) bond motifs is 1. The molecule has 0 aliphatic carbocycles. The van der Waals surface area contributed by atoms with Gasteiger partial charge in [-0.1, -0.05) is 55.0 Å². The van der Waals surface area contributed by atoms with Gasteiger partial charge in [-0.3, -0.25) is 4.79 Å². The molecule has 0 saturated heterocycles. The second-order valence-electron chi connectivity index (χ2n) is 6.93. The lowest BCUT2D eigenvalue weighted by atomic mass is 10.1. The zero-order valence-corrected chi connectivity index (χ0v) is 16.7. The lowest BCUT2D eigenvalue weighted by Gasteiger charge is -2.19. The summed E-state index contributed by atoms with van der Waals surface area (Å²) in [7, 11) is 0. The van der Waals surface area contributed by atoms with Gasteiger partial charge in [0.05, 0.1) is 6.54 Å². The van der Waals surface area contributed by atoms with Gasteiger partial charge in [0.1, 0.15) is 18.1 Å². The Bertz CT molecular complexity index is 951. The van der Waals surface area contributed by atoms with Gasteiger partial charge in [-0.05, 0) is 54.8 Å². The number of amides is 1. The number of hydrogen-bond acceptors (Lipinski definition) is 3. The molecule has 1 atom stereocenters. The molecule has 0 aliphatic rings. The van der Waals surface area contributed by atoms with E-state index in [4.69, 9.17) is 9.47 Å². The van der Waals surface area contributed by atoms with Crippen molar-refractivity contribution in [3.8, 4) is 11.5 Å². The summed E-state index contributed by atoms with van der Waals surface area (Å²) < 4.78 is 11.7. The fourth-order valence-corrected chi connectivity index (χ4v) is 3.12. The highest BCUT2D eigenvalue weighted by Gasteiger charge is 2.18. The van der Waals surface area contributed by atoms with Crippen LogP contribution in [0.4, 0.5) is 0 Å². The average molecular weight is 377 g/mol. The Labute approximate surface area is 166 Å². The molecule has 0 spiro atoms. The molecule has 28 heavy (non-hydrogen) atoms. The van der Waals surface area contributed by atoms with Crippen LogP contribution >= 0.6 is 0 Å². The van der Waals surface area contributed by atoms with Crippen molar-refractivity contribution in [2.75, 3.05) is 13.2 Å². The van der Waals surface area contributed by atoms with Gasteiger partial charge in [0.15, 0.2) is 6.10 Å². The number of aryl methyl sites for hydroxylation is 2. The molecule has 3 aromatic carbocycles. The molecule has 1 N–H and O–H groups in total. The lowest BCUT2D eigenvalue weighted by molar-refractivity contribution is -0.128. The molecule has 0 fully saturated rings. The minimum absolute atomic E-state index is 0.121. The molecule has 0 bridgehead atoms. The fraction of sp³-hybridized carbons (Fsp3) is 0.292. The maximum Gasteiger partial charge on any atom is 0.261 e. The predicted octanol–water partition coefficient (Wildman–Crippen LogP) is 4.81. The molecular formula is C24H27NO3. The third-order valence-electron chi connectivity index (χ3n) is 4.65. The monoisotopic (exact) mass is 377 g/mol. The van der Waals surface area contributed by atoms with Gasteiger partial charge in [-0.15, -0.1) is 0 Å². The summed E-state index contributed by atoms with van der Waals surface area (Å²) >= 11 is 0. The van der Waals surface area contributed by atoms with Crippen molar-refractivity contribution in [3.05, 3.63) is 71.8 Å². The van der Waals surface area contributed by atoms with Crippen molar-refractivity contribution in [2.24, 2.45) is 0 Å². The van der Waals surface area contributed by atoms with E-state index < -0.39 is 6.10 Å². The maximum atomic E-state index is 12.5. The Morgan fingerprint density at radius 2 is 1.79 bits per heavy atom.